The molecule has 4 rings (SSSR count). The topological polar surface area (TPSA) is 103 Å². The van der Waals surface area contributed by atoms with Crippen molar-refractivity contribution < 1.29 is 23.8 Å². The van der Waals surface area contributed by atoms with Crippen molar-refractivity contribution in [1.82, 2.24) is 15.5 Å². The van der Waals surface area contributed by atoms with Gasteiger partial charge in [-0.05, 0) is 30.7 Å². The molecule has 138 valence electrons. The van der Waals surface area contributed by atoms with E-state index in [4.69, 9.17) is 14.2 Å². The standard InChI is InChI=1S/C19H17N3O5/c1-11(27-19(24)17-13-4-2-3-5-14(13)21-22-17)18(23)20-9-12-6-7-15-16(8-12)26-10-25-15/h2-8,11H,9-10H2,1H3,(H,20,23)(H,21,22)/t11-/m1/s1. The molecule has 0 spiro atoms. The second kappa shape index (κ2) is 6.99. The molecule has 0 fully saturated rings. The van der Waals surface area contributed by atoms with E-state index >= 15 is 0 Å². The van der Waals surface area contributed by atoms with Gasteiger partial charge >= 0.3 is 5.97 Å². The van der Waals surface area contributed by atoms with E-state index in [1.807, 2.05) is 12.1 Å². The summed E-state index contributed by atoms with van der Waals surface area (Å²) >= 11 is 0. The Labute approximate surface area is 154 Å². The molecule has 2 aromatic carbocycles. The van der Waals surface area contributed by atoms with Crippen molar-refractivity contribution in [2.24, 2.45) is 0 Å². The first-order chi connectivity index (χ1) is 13.1. The number of aromatic nitrogens is 2. The number of para-hydroxylation sites is 1. The number of nitrogens with zero attached hydrogens (tertiary/aromatic N) is 1. The number of ether oxygens (including phenoxy) is 3. The zero-order chi connectivity index (χ0) is 18.8. The van der Waals surface area contributed by atoms with Gasteiger partial charge in [-0.2, -0.15) is 5.10 Å². The maximum Gasteiger partial charge on any atom is 0.360 e. The molecule has 0 saturated heterocycles. The molecule has 27 heavy (non-hydrogen) atoms. The van der Waals surface area contributed by atoms with Crippen molar-refractivity contribution in [3.63, 3.8) is 0 Å². The van der Waals surface area contributed by atoms with Crippen LogP contribution in [-0.2, 0) is 16.1 Å². The van der Waals surface area contributed by atoms with Crippen LogP contribution in [0, 0.1) is 0 Å². The van der Waals surface area contributed by atoms with Crippen LogP contribution in [0.15, 0.2) is 42.5 Å². The lowest BCUT2D eigenvalue weighted by Gasteiger charge is -2.13. The Morgan fingerprint density at radius 1 is 1.22 bits per heavy atom. The molecule has 2 heterocycles. The number of fused-ring (bicyclic) bond motifs is 2. The summed E-state index contributed by atoms with van der Waals surface area (Å²) in [6.45, 7) is 1.99. The van der Waals surface area contributed by atoms with Crippen molar-refractivity contribution in [3.05, 3.63) is 53.7 Å². The zero-order valence-electron chi connectivity index (χ0n) is 14.5. The lowest BCUT2D eigenvalue weighted by Crippen LogP contribution is -2.35. The lowest BCUT2D eigenvalue weighted by molar-refractivity contribution is -0.129. The summed E-state index contributed by atoms with van der Waals surface area (Å²) in [6, 6.07) is 12.6. The van der Waals surface area contributed by atoms with E-state index in [0.717, 1.165) is 11.1 Å². The monoisotopic (exact) mass is 367 g/mol. The van der Waals surface area contributed by atoms with Crippen LogP contribution in [0.4, 0.5) is 0 Å². The fourth-order valence-electron chi connectivity index (χ4n) is 2.77. The molecule has 2 N–H and O–H groups in total. The van der Waals surface area contributed by atoms with Crippen molar-refractivity contribution >= 4 is 22.8 Å². The van der Waals surface area contributed by atoms with Crippen LogP contribution in [0.2, 0.25) is 0 Å². The van der Waals surface area contributed by atoms with Crippen LogP contribution in [-0.4, -0.2) is 35.0 Å². The number of H-pyrrole nitrogens is 1. The summed E-state index contributed by atoms with van der Waals surface area (Å²) in [7, 11) is 0. The molecule has 1 aliphatic heterocycles. The number of amides is 1. The number of carbonyl (C=O) groups excluding carboxylic acids is 2. The summed E-state index contributed by atoms with van der Waals surface area (Å²) in [4.78, 5) is 24.6. The number of hydrogen-bond donors (Lipinski definition) is 2. The van der Waals surface area contributed by atoms with Crippen LogP contribution in [0.3, 0.4) is 0 Å². The smallest absolute Gasteiger partial charge is 0.360 e. The van der Waals surface area contributed by atoms with Gasteiger partial charge in [0.15, 0.2) is 23.3 Å². The molecule has 8 nitrogen and oxygen atoms in total. The third-order valence-corrected chi connectivity index (χ3v) is 4.22. The number of rotatable bonds is 5. The molecular formula is C19H17N3O5. The van der Waals surface area contributed by atoms with Crippen LogP contribution >= 0.6 is 0 Å². The first-order valence-electron chi connectivity index (χ1n) is 8.42. The average molecular weight is 367 g/mol. The van der Waals surface area contributed by atoms with Crippen molar-refractivity contribution in [1.29, 1.82) is 0 Å². The molecule has 0 aliphatic carbocycles. The minimum atomic E-state index is -0.957. The van der Waals surface area contributed by atoms with Crippen molar-refractivity contribution in [2.75, 3.05) is 6.79 Å². The molecule has 1 atom stereocenters. The van der Waals surface area contributed by atoms with E-state index in [0.29, 0.717) is 16.9 Å². The van der Waals surface area contributed by atoms with Crippen LogP contribution in [0.5, 0.6) is 11.5 Å². The van der Waals surface area contributed by atoms with Crippen LogP contribution < -0.4 is 14.8 Å². The van der Waals surface area contributed by atoms with Gasteiger partial charge in [-0.1, -0.05) is 24.3 Å². The first-order valence-corrected chi connectivity index (χ1v) is 8.42. The van der Waals surface area contributed by atoms with Gasteiger partial charge in [-0.25, -0.2) is 4.79 Å². The molecule has 0 saturated carbocycles. The van der Waals surface area contributed by atoms with E-state index < -0.39 is 18.0 Å². The number of hydrogen-bond acceptors (Lipinski definition) is 6. The van der Waals surface area contributed by atoms with Gasteiger partial charge in [-0.3, -0.25) is 9.89 Å². The summed E-state index contributed by atoms with van der Waals surface area (Å²) in [6.07, 6.45) is -0.957. The SMILES string of the molecule is C[C@@H](OC(=O)c1n[nH]c2ccccc12)C(=O)NCc1ccc2c(c1)OCO2. The highest BCUT2D eigenvalue weighted by Crippen LogP contribution is 2.32. The maximum atomic E-state index is 12.3. The Morgan fingerprint density at radius 2 is 2.04 bits per heavy atom. The second-order valence-electron chi connectivity index (χ2n) is 6.07. The maximum absolute atomic E-state index is 12.3. The van der Waals surface area contributed by atoms with Gasteiger partial charge in [0, 0.05) is 11.9 Å². The van der Waals surface area contributed by atoms with Gasteiger partial charge < -0.3 is 19.5 Å². The fourth-order valence-corrected chi connectivity index (χ4v) is 2.77. The van der Waals surface area contributed by atoms with E-state index in [-0.39, 0.29) is 19.0 Å². The van der Waals surface area contributed by atoms with Gasteiger partial charge in [0.2, 0.25) is 6.79 Å². The van der Waals surface area contributed by atoms with Gasteiger partial charge in [-0.15, -0.1) is 0 Å². The minimum absolute atomic E-state index is 0.154. The molecule has 8 heteroatoms. The Balaban J connectivity index is 1.35. The molecule has 1 aromatic heterocycles. The number of nitrogens with one attached hydrogen (secondary N) is 2. The van der Waals surface area contributed by atoms with Crippen molar-refractivity contribution in [2.45, 2.75) is 19.6 Å². The largest absolute Gasteiger partial charge is 0.454 e. The Hall–Kier alpha value is -3.55. The predicted octanol–water partition coefficient (Wildman–Crippen LogP) is 2.15. The minimum Gasteiger partial charge on any atom is -0.454 e. The third-order valence-electron chi connectivity index (χ3n) is 4.22. The molecule has 3 aromatic rings. The molecule has 1 amide bonds. The van der Waals surface area contributed by atoms with E-state index in [1.165, 1.54) is 6.92 Å². The number of aromatic amines is 1. The quantitative estimate of drug-likeness (QED) is 0.670. The lowest BCUT2D eigenvalue weighted by atomic mass is 10.2. The van der Waals surface area contributed by atoms with Gasteiger partial charge in [0.05, 0.1) is 5.52 Å². The third kappa shape index (κ3) is 3.41. The van der Waals surface area contributed by atoms with E-state index in [1.54, 1.807) is 30.3 Å². The molecular weight excluding hydrogens is 350 g/mol. The number of carbonyl (C=O) groups is 2. The van der Waals surface area contributed by atoms with Crippen molar-refractivity contribution in [3.8, 4) is 11.5 Å². The Kier molecular flexibility index (Phi) is 4.37. The Morgan fingerprint density at radius 3 is 2.93 bits per heavy atom. The van der Waals surface area contributed by atoms with Gasteiger partial charge in [0.1, 0.15) is 0 Å². The fraction of sp³-hybridized carbons (Fsp3) is 0.211. The summed E-state index contributed by atoms with van der Waals surface area (Å²) in [5.41, 5.74) is 1.73. The highest BCUT2D eigenvalue weighted by atomic mass is 16.7. The zero-order valence-corrected chi connectivity index (χ0v) is 14.5. The van der Waals surface area contributed by atoms with E-state index in [2.05, 4.69) is 15.5 Å². The molecule has 0 radical (unpaired) electrons. The highest BCUT2D eigenvalue weighted by Gasteiger charge is 2.22. The number of esters is 1. The summed E-state index contributed by atoms with van der Waals surface area (Å²) in [5, 5.41) is 10.1. The normalized spacial score (nSPS) is 13.4. The van der Waals surface area contributed by atoms with Crippen LogP contribution in [0.25, 0.3) is 10.9 Å². The predicted molar refractivity (Wildman–Crippen MR) is 95.4 cm³/mol. The molecule has 0 unspecified atom stereocenters. The highest BCUT2D eigenvalue weighted by molar-refractivity contribution is 6.02. The van der Waals surface area contributed by atoms with E-state index in [9.17, 15) is 9.59 Å². The average Bonchev–Trinajstić information content (AvgIpc) is 3.32. The summed E-state index contributed by atoms with van der Waals surface area (Å²) < 4.78 is 15.8. The second-order valence-corrected chi connectivity index (χ2v) is 6.07. The molecule has 0 bridgehead atoms. The Bertz CT molecular complexity index is 1010. The number of benzene rings is 2. The summed E-state index contributed by atoms with van der Waals surface area (Å²) in [5.74, 6) is 0.268. The van der Waals surface area contributed by atoms with Gasteiger partial charge in [0.25, 0.3) is 5.91 Å². The first kappa shape index (κ1) is 16.9. The molecule has 1 aliphatic rings. The van der Waals surface area contributed by atoms with Crippen LogP contribution in [0.1, 0.15) is 23.0 Å².